The molecule has 0 spiro atoms. The fraction of sp³-hybridized carbons (Fsp3) is 0.300. The van der Waals surface area contributed by atoms with Gasteiger partial charge in [-0.05, 0) is 28.3 Å². The van der Waals surface area contributed by atoms with Crippen molar-refractivity contribution in [3.8, 4) is 0 Å². The molecule has 15 heteroatoms. The quantitative estimate of drug-likeness (QED) is 0.0613. The molecule has 0 radical (unpaired) electrons. The number of carboxylic acid groups (broad SMARTS) is 1. The number of amides is 4. The van der Waals surface area contributed by atoms with Crippen LogP contribution in [0.4, 0.5) is 4.79 Å². The van der Waals surface area contributed by atoms with Gasteiger partial charge in [-0.3, -0.25) is 24.5 Å². The van der Waals surface area contributed by atoms with Gasteiger partial charge in [-0.25, -0.2) is 9.80 Å². The Morgan fingerprint density at radius 2 is 1.53 bits per heavy atom. The Kier molecular flexibility index (Phi) is 12.2. The van der Waals surface area contributed by atoms with Crippen molar-refractivity contribution in [2.75, 3.05) is 13.6 Å². The van der Waals surface area contributed by atoms with Gasteiger partial charge in [0.05, 0.1) is 0 Å². The Balaban J connectivity index is 1.96. The van der Waals surface area contributed by atoms with Gasteiger partial charge in [-0.2, -0.15) is 0 Å². The van der Waals surface area contributed by atoms with Crippen molar-refractivity contribution in [3.05, 3.63) is 94.0 Å². The molecule has 45 heavy (non-hydrogen) atoms. The van der Waals surface area contributed by atoms with Crippen LogP contribution in [0.3, 0.4) is 0 Å². The van der Waals surface area contributed by atoms with Gasteiger partial charge >= 0.3 is 6.09 Å². The second kappa shape index (κ2) is 16.2. The second-order valence-electron chi connectivity index (χ2n) is 10.2. The highest BCUT2D eigenvalue weighted by atomic mass is 16.6. The zero-order chi connectivity index (χ0) is 32.9. The maximum absolute atomic E-state index is 13.8. The van der Waals surface area contributed by atoms with E-state index >= 15 is 0 Å². The molecule has 0 aliphatic carbocycles. The number of nitrogens with zero attached hydrogens (tertiary/aromatic N) is 3. The maximum Gasteiger partial charge on any atom is 0.405 e. The molecule has 0 aliphatic heterocycles. The molecular weight excluding hydrogens is 584 g/mol. The molecule has 0 aromatic heterocycles. The number of nitrogens with one attached hydrogen (secondary N) is 3. The van der Waals surface area contributed by atoms with Crippen molar-refractivity contribution < 1.29 is 29.2 Å². The lowest BCUT2D eigenvalue weighted by atomic mass is 10.00. The molecule has 8 N–H and O–H groups in total. The van der Waals surface area contributed by atoms with Gasteiger partial charge in [0, 0.05) is 31.2 Å². The number of likely N-dealkylation sites (N-methyl/N-ethyl adjacent to an activating group) is 1. The van der Waals surface area contributed by atoms with Gasteiger partial charge in [0.15, 0.2) is 0 Å². The Labute approximate surface area is 258 Å². The van der Waals surface area contributed by atoms with Crippen molar-refractivity contribution in [2.24, 2.45) is 16.6 Å². The molecule has 4 amide bonds. The highest BCUT2D eigenvalue weighted by Gasteiger charge is 2.37. The molecule has 0 fully saturated rings. The summed E-state index contributed by atoms with van der Waals surface area (Å²) < 4.78 is 0. The van der Waals surface area contributed by atoms with Crippen molar-refractivity contribution in [3.63, 3.8) is 0 Å². The number of carbonyl (C=O) groups is 4. The summed E-state index contributed by atoms with van der Waals surface area (Å²) in [6.07, 6.45) is -2.00. The minimum absolute atomic E-state index is 0.0747. The van der Waals surface area contributed by atoms with Crippen molar-refractivity contribution >= 4 is 40.5 Å². The Hall–Kier alpha value is -5.73. The average molecular weight is 621 g/mol. The number of hydrogen-bond acceptors (Lipinski definition) is 7. The van der Waals surface area contributed by atoms with Crippen molar-refractivity contribution in [1.82, 2.24) is 21.0 Å². The van der Waals surface area contributed by atoms with E-state index in [1.54, 1.807) is 30.3 Å². The number of benzene rings is 3. The number of hydrazone groups is 1. The highest BCUT2D eigenvalue weighted by molar-refractivity contribution is 5.94. The normalized spacial score (nSPS) is 12.6. The molecule has 0 heterocycles. The number of hydrogen-bond donors (Lipinski definition) is 6. The molecule has 0 saturated heterocycles. The summed E-state index contributed by atoms with van der Waals surface area (Å²) >= 11 is 0. The second-order valence-corrected chi connectivity index (χ2v) is 10.2. The first-order chi connectivity index (χ1) is 21.5. The van der Waals surface area contributed by atoms with Crippen LogP contribution >= 0.6 is 0 Å². The molecule has 0 aliphatic rings. The van der Waals surface area contributed by atoms with Crippen LogP contribution in [-0.2, 0) is 27.2 Å². The summed E-state index contributed by atoms with van der Waals surface area (Å²) in [4.78, 5) is 62.8. The van der Waals surface area contributed by atoms with E-state index in [0.29, 0.717) is 10.6 Å². The Morgan fingerprint density at radius 1 is 0.889 bits per heavy atom. The third-order valence-corrected chi connectivity index (χ3v) is 6.88. The lowest BCUT2D eigenvalue weighted by Crippen LogP contribution is -2.58. The zero-order valence-electron chi connectivity index (χ0n) is 24.6. The fourth-order valence-corrected chi connectivity index (χ4v) is 4.79. The molecule has 238 valence electrons. The van der Waals surface area contributed by atoms with Gasteiger partial charge in [0.25, 0.3) is 5.91 Å². The van der Waals surface area contributed by atoms with E-state index in [2.05, 4.69) is 21.1 Å². The lowest BCUT2D eigenvalue weighted by Gasteiger charge is -2.31. The van der Waals surface area contributed by atoms with E-state index < -0.39 is 59.4 Å². The van der Waals surface area contributed by atoms with Crippen LogP contribution in [0.1, 0.15) is 24.0 Å². The monoisotopic (exact) mass is 620 g/mol. The lowest BCUT2D eigenvalue weighted by molar-refractivity contribution is -0.480. The van der Waals surface area contributed by atoms with Crippen LogP contribution in [0.15, 0.2) is 77.9 Å². The van der Waals surface area contributed by atoms with Gasteiger partial charge in [-0.1, -0.05) is 72.8 Å². The predicted octanol–water partition coefficient (Wildman–Crippen LogP) is 0.935. The third-order valence-electron chi connectivity index (χ3n) is 6.88. The average Bonchev–Trinajstić information content (AvgIpc) is 3.00. The van der Waals surface area contributed by atoms with Crippen LogP contribution in [0.5, 0.6) is 0 Å². The largest absolute Gasteiger partial charge is 0.465 e. The van der Waals surface area contributed by atoms with Crippen LogP contribution in [0, 0.1) is 10.1 Å². The predicted molar refractivity (Wildman–Crippen MR) is 166 cm³/mol. The number of nitrogens with two attached hydrogens (primary N) is 2. The van der Waals surface area contributed by atoms with Crippen molar-refractivity contribution in [2.45, 2.75) is 43.8 Å². The van der Waals surface area contributed by atoms with Gasteiger partial charge in [0.1, 0.15) is 18.1 Å². The van der Waals surface area contributed by atoms with Crippen LogP contribution < -0.4 is 27.4 Å². The Morgan fingerprint density at radius 3 is 2.16 bits per heavy atom. The number of fused-ring (bicyclic) bond motifs is 1. The number of guanidine groups is 1. The fourth-order valence-electron chi connectivity index (χ4n) is 4.79. The van der Waals surface area contributed by atoms with Crippen LogP contribution in [0.25, 0.3) is 10.8 Å². The molecule has 0 saturated carbocycles. The summed E-state index contributed by atoms with van der Waals surface area (Å²) in [5.74, 6) is -3.01. The van der Waals surface area contributed by atoms with Gasteiger partial charge in [0.2, 0.25) is 24.3 Å². The maximum atomic E-state index is 13.8. The van der Waals surface area contributed by atoms with E-state index in [-0.39, 0.29) is 25.7 Å². The minimum atomic E-state index is -1.54. The van der Waals surface area contributed by atoms with E-state index in [1.165, 1.54) is 7.05 Å². The Bertz CT molecular complexity index is 1550. The minimum Gasteiger partial charge on any atom is -0.465 e. The van der Waals surface area contributed by atoms with E-state index in [0.717, 1.165) is 16.3 Å². The molecular formula is C30H36N8O7. The number of nitro groups is 1. The summed E-state index contributed by atoms with van der Waals surface area (Å²) in [5.41, 5.74) is 12.6. The first-order valence-electron chi connectivity index (χ1n) is 14.1. The standard InChI is InChI=1S/C30H36N8O7/c1-33-26(39)23(18-20-13-14-21-10-5-6-11-22(21)16-20)34-27(40)25(12-7-15-37(44)45)38(36-29(31)32)28(41)24(35-30(42)43)17-19-8-3-2-4-9-19/h2-6,8-11,13-14,16,23-25,35H,7,12,15,17-18H2,1H3,(H,33,39)(H,34,40)(H,42,43)(H4,31,32,36)/t23-,24+,25-/m0/s1. The molecule has 15 nitrogen and oxygen atoms in total. The summed E-state index contributed by atoms with van der Waals surface area (Å²) in [6, 6.07) is 17.6. The van der Waals surface area contributed by atoms with Crippen molar-refractivity contribution in [1.29, 1.82) is 0 Å². The molecule has 0 bridgehead atoms. The van der Waals surface area contributed by atoms with E-state index in [9.17, 15) is 34.4 Å². The molecule has 0 unspecified atom stereocenters. The molecule has 3 aromatic carbocycles. The van der Waals surface area contributed by atoms with E-state index in [1.807, 2.05) is 42.5 Å². The van der Waals surface area contributed by atoms with E-state index in [4.69, 9.17) is 11.5 Å². The SMILES string of the molecule is CNC(=O)[C@H](Cc1ccc2ccccc2c1)NC(=O)[C@H](CCC[N+](=O)[O-])N(N=C(N)N)C(=O)[C@@H](Cc1ccccc1)NC(=O)O. The summed E-state index contributed by atoms with van der Waals surface area (Å²) in [7, 11) is 1.40. The number of carbonyl (C=O) groups excluding carboxylic acids is 3. The van der Waals surface area contributed by atoms with Crippen LogP contribution in [-0.4, -0.2) is 76.5 Å². The third kappa shape index (κ3) is 10.2. The smallest absolute Gasteiger partial charge is 0.405 e. The summed E-state index contributed by atoms with van der Waals surface area (Å²) in [5, 5.41) is 34.2. The highest BCUT2D eigenvalue weighted by Crippen LogP contribution is 2.18. The van der Waals surface area contributed by atoms with Gasteiger partial charge in [-0.15, -0.1) is 5.10 Å². The molecule has 3 rings (SSSR count). The van der Waals surface area contributed by atoms with Crippen LogP contribution in [0.2, 0.25) is 0 Å². The topological polar surface area (TPSA) is 235 Å². The summed E-state index contributed by atoms with van der Waals surface area (Å²) in [6.45, 7) is -0.537. The first-order valence-corrected chi connectivity index (χ1v) is 14.1. The van der Waals surface area contributed by atoms with Gasteiger partial charge < -0.3 is 32.5 Å². The zero-order valence-corrected chi connectivity index (χ0v) is 24.6. The first kappa shape index (κ1) is 33.8. The molecule has 3 aromatic rings. The molecule has 3 atom stereocenters. The number of rotatable bonds is 15.